The highest BCUT2D eigenvalue weighted by Crippen LogP contribution is 2.46. The molecule has 0 saturated carbocycles. The van der Waals surface area contributed by atoms with Crippen LogP contribution in [0, 0.1) is 5.92 Å². The Morgan fingerprint density at radius 2 is 1.55 bits per heavy atom. The van der Waals surface area contributed by atoms with Gasteiger partial charge in [-0.15, -0.1) is 11.6 Å². The van der Waals surface area contributed by atoms with Gasteiger partial charge in [0.25, 0.3) is 0 Å². The van der Waals surface area contributed by atoms with Crippen LogP contribution in [-0.4, -0.2) is 0 Å². The van der Waals surface area contributed by atoms with Crippen molar-refractivity contribution in [3.8, 4) is 0 Å². The van der Waals surface area contributed by atoms with Crippen LogP contribution in [0.3, 0.4) is 0 Å². The molecule has 1 heteroatoms. The summed E-state index contributed by atoms with van der Waals surface area (Å²) in [7, 11) is 0. The molecule has 1 atom stereocenters. The first-order valence-electron chi connectivity index (χ1n) is 7.92. The summed E-state index contributed by atoms with van der Waals surface area (Å²) in [5.41, 5.74) is 4.90. The van der Waals surface area contributed by atoms with Crippen molar-refractivity contribution in [3.05, 3.63) is 34.9 Å². The molecular formula is C19H29Cl. The van der Waals surface area contributed by atoms with Crippen LogP contribution in [0.1, 0.15) is 82.9 Å². The molecule has 1 aliphatic carbocycles. The van der Waals surface area contributed by atoms with E-state index in [9.17, 15) is 0 Å². The SMILES string of the molecule is CC(C)CC(Cl)c1ccc2c(c1)C(C)(C)CCC2(C)C. The van der Waals surface area contributed by atoms with Crippen molar-refractivity contribution >= 4 is 11.6 Å². The van der Waals surface area contributed by atoms with Crippen LogP contribution >= 0.6 is 11.6 Å². The van der Waals surface area contributed by atoms with E-state index in [0.717, 1.165) is 6.42 Å². The molecule has 1 aromatic carbocycles. The molecule has 0 heterocycles. The van der Waals surface area contributed by atoms with Gasteiger partial charge in [0.1, 0.15) is 0 Å². The van der Waals surface area contributed by atoms with Gasteiger partial charge in [0, 0.05) is 0 Å². The van der Waals surface area contributed by atoms with Crippen LogP contribution in [0.2, 0.25) is 0 Å². The van der Waals surface area contributed by atoms with Gasteiger partial charge in [0.2, 0.25) is 0 Å². The minimum atomic E-state index is 0.140. The first-order valence-corrected chi connectivity index (χ1v) is 8.36. The second-order valence-electron chi connectivity index (χ2n) is 8.17. The third kappa shape index (κ3) is 3.06. The monoisotopic (exact) mass is 292 g/mol. The van der Waals surface area contributed by atoms with Crippen molar-refractivity contribution < 1.29 is 0 Å². The number of hydrogen-bond donors (Lipinski definition) is 0. The highest BCUT2D eigenvalue weighted by Gasteiger charge is 2.37. The van der Waals surface area contributed by atoms with Crippen molar-refractivity contribution in [2.45, 2.75) is 77.0 Å². The number of hydrogen-bond acceptors (Lipinski definition) is 0. The Hall–Kier alpha value is -0.490. The number of rotatable bonds is 3. The van der Waals surface area contributed by atoms with Crippen LogP contribution in [-0.2, 0) is 10.8 Å². The zero-order chi connectivity index (χ0) is 15.1. The van der Waals surface area contributed by atoms with Gasteiger partial charge in [0.15, 0.2) is 0 Å². The summed E-state index contributed by atoms with van der Waals surface area (Å²) < 4.78 is 0. The summed E-state index contributed by atoms with van der Waals surface area (Å²) in [6.45, 7) is 14.0. The van der Waals surface area contributed by atoms with Crippen molar-refractivity contribution in [2.24, 2.45) is 5.92 Å². The molecule has 2 rings (SSSR count). The summed E-state index contributed by atoms with van der Waals surface area (Å²) >= 11 is 6.61. The molecular weight excluding hydrogens is 264 g/mol. The lowest BCUT2D eigenvalue weighted by Crippen LogP contribution is -2.33. The van der Waals surface area contributed by atoms with Gasteiger partial charge < -0.3 is 0 Å². The van der Waals surface area contributed by atoms with Crippen LogP contribution in [0.15, 0.2) is 18.2 Å². The normalized spacial score (nSPS) is 21.6. The van der Waals surface area contributed by atoms with Gasteiger partial charge in [-0.05, 0) is 52.7 Å². The summed E-state index contributed by atoms with van der Waals surface area (Å²) in [4.78, 5) is 0. The first kappa shape index (κ1) is 15.9. The molecule has 1 aliphatic rings. The minimum Gasteiger partial charge on any atom is -0.118 e. The van der Waals surface area contributed by atoms with E-state index in [-0.39, 0.29) is 10.8 Å². The molecule has 0 aliphatic heterocycles. The molecule has 1 unspecified atom stereocenters. The van der Waals surface area contributed by atoms with Crippen LogP contribution in [0.4, 0.5) is 0 Å². The lowest BCUT2D eigenvalue weighted by atomic mass is 9.63. The largest absolute Gasteiger partial charge is 0.118 e. The number of benzene rings is 1. The summed E-state index contributed by atoms with van der Waals surface area (Å²) in [5.74, 6) is 0.637. The predicted molar refractivity (Wildman–Crippen MR) is 89.8 cm³/mol. The van der Waals surface area contributed by atoms with E-state index >= 15 is 0 Å². The van der Waals surface area contributed by atoms with Crippen LogP contribution in [0.25, 0.3) is 0 Å². The van der Waals surface area contributed by atoms with Gasteiger partial charge in [-0.1, -0.05) is 59.7 Å². The van der Waals surface area contributed by atoms with E-state index in [2.05, 4.69) is 59.7 Å². The van der Waals surface area contributed by atoms with Crippen LogP contribution < -0.4 is 0 Å². The summed E-state index contributed by atoms with van der Waals surface area (Å²) in [5, 5.41) is 0.140. The Labute approximate surface area is 129 Å². The average molecular weight is 293 g/mol. The van der Waals surface area contributed by atoms with Crippen molar-refractivity contribution in [1.82, 2.24) is 0 Å². The van der Waals surface area contributed by atoms with E-state index < -0.39 is 0 Å². The third-order valence-corrected chi connectivity index (χ3v) is 5.35. The molecule has 20 heavy (non-hydrogen) atoms. The number of fused-ring (bicyclic) bond motifs is 1. The molecule has 1 aromatic rings. The lowest BCUT2D eigenvalue weighted by Gasteiger charge is -2.42. The average Bonchev–Trinajstić information content (AvgIpc) is 2.34. The Morgan fingerprint density at radius 3 is 2.10 bits per heavy atom. The molecule has 0 aromatic heterocycles. The maximum atomic E-state index is 6.61. The van der Waals surface area contributed by atoms with Crippen molar-refractivity contribution in [3.63, 3.8) is 0 Å². The third-order valence-electron chi connectivity index (χ3n) is 4.92. The Bertz CT molecular complexity index is 483. The fourth-order valence-corrected chi connectivity index (χ4v) is 3.84. The van der Waals surface area contributed by atoms with Crippen molar-refractivity contribution in [1.29, 1.82) is 0 Å². The minimum absolute atomic E-state index is 0.140. The van der Waals surface area contributed by atoms with Gasteiger partial charge >= 0.3 is 0 Å². The molecule has 0 fully saturated rings. The fourth-order valence-electron chi connectivity index (χ4n) is 3.35. The lowest BCUT2D eigenvalue weighted by molar-refractivity contribution is 0.331. The molecule has 0 amide bonds. The number of alkyl halides is 1. The quantitative estimate of drug-likeness (QED) is 0.568. The van der Waals surface area contributed by atoms with Gasteiger partial charge in [0.05, 0.1) is 5.38 Å². The van der Waals surface area contributed by atoms with E-state index in [0.29, 0.717) is 11.3 Å². The maximum absolute atomic E-state index is 6.61. The second-order valence-corrected chi connectivity index (χ2v) is 8.70. The fraction of sp³-hybridized carbons (Fsp3) is 0.684. The smallest absolute Gasteiger partial charge is 0.0587 e. The zero-order valence-corrected chi connectivity index (χ0v) is 14.6. The Morgan fingerprint density at radius 1 is 1.00 bits per heavy atom. The molecule has 0 N–H and O–H groups in total. The predicted octanol–water partition coefficient (Wildman–Crippen LogP) is 6.36. The van der Waals surface area contributed by atoms with Gasteiger partial charge in [-0.2, -0.15) is 0 Å². The molecule has 0 radical (unpaired) electrons. The topological polar surface area (TPSA) is 0 Å². The second kappa shape index (κ2) is 5.37. The highest BCUT2D eigenvalue weighted by atomic mass is 35.5. The van der Waals surface area contributed by atoms with Gasteiger partial charge in [-0.3, -0.25) is 0 Å². The van der Waals surface area contributed by atoms with Gasteiger partial charge in [-0.25, -0.2) is 0 Å². The molecule has 112 valence electrons. The van der Waals surface area contributed by atoms with Crippen LogP contribution in [0.5, 0.6) is 0 Å². The molecule has 0 bridgehead atoms. The summed E-state index contributed by atoms with van der Waals surface area (Å²) in [6, 6.07) is 6.97. The highest BCUT2D eigenvalue weighted by molar-refractivity contribution is 6.20. The number of halogens is 1. The Balaban J connectivity index is 2.43. The molecule has 0 saturated heterocycles. The van der Waals surface area contributed by atoms with E-state index in [1.165, 1.54) is 29.5 Å². The Kier molecular flexibility index (Phi) is 4.27. The van der Waals surface area contributed by atoms with Crippen molar-refractivity contribution in [2.75, 3.05) is 0 Å². The van der Waals surface area contributed by atoms with E-state index in [4.69, 9.17) is 11.6 Å². The summed E-state index contributed by atoms with van der Waals surface area (Å²) in [6.07, 6.45) is 3.57. The first-order chi connectivity index (χ1) is 9.13. The van der Waals surface area contributed by atoms with E-state index in [1.54, 1.807) is 0 Å². The molecule has 0 nitrogen and oxygen atoms in total. The maximum Gasteiger partial charge on any atom is 0.0587 e. The standard InChI is InChI=1S/C19H29Cl/c1-13(2)11-17(20)14-7-8-15-16(12-14)19(5,6)10-9-18(15,3)4/h7-8,12-13,17H,9-11H2,1-6H3. The van der Waals surface area contributed by atoms with E-state index in [1.807, 2.05) is 0 Å². The zero-order valence-electron chi connectivity index (χ0n) is 13.9. The molecule has 0 spiro atoms.